The van der Waals surface area contributed by atoms with E-state index in [9.17, 15) is 4.79 Å². The van der Waals surface area contributed by atoms with Crippen LogP contribution in [0.15, 0.2) is 0 Å². The number of hydrogen-bond acceptors (Lipinski definition) is 3. The molecule has 0 bridgehead atoms. The van der Waals surface area contributed by atoms with Gasteiger partial charge in [0.25, 0.3) is 5.91 Å². The molecule has 1 aromatic heterocycles. The number of carbonyl (C=O) groups excluding carboxylic acids is 1. The molecule has 0 spiro atoms. The molecule has 0 saturated carbocycles. The Kier molecular flexibility index (Phi) is 12.0. The van der Waals surface area contributed by atoms with Crippen molar-refractivity contribution in [3.63, 3.8) is 0 Å². The minimum absolute atomic E-state index is 0.0239. The van der Waals surface area contributed by atoms with E-state index in [4.69, 9.17) is 0 Å². The zero-order chi connectivity index (χ0) is 16.3. The molecule has 0 aromatic carbocycles. The number of aryl methyl sites for hydroxylation is 2. The Morgan fingerprint density at radius 2 is 1.75 bits per heavy atom. The Morgan fingerprint density at radius 1 is 1.25 bits per heavy atom. The van der Waals surface area contributed by atoms with Gasteiger partial charge in [-0.2, -0.15) is 5.10 Å². The molecule has 0 aliphatic carbocycles. The zero-order valence-electron chi connectivity index (χ0n) is 14.7. The molecule has 0 radical (unpaired) electrons. The van der Waals surface area contributed by atoms with Gasteiger partial charge < -0.3 is 10.2 Å². The van der Waals surface area contributed by atoms with Gasteiger partial charge in [0.05, 0.1) is 5.69 Å². The Morgan fingerprint density at radius 3 is 2.10 bits per heavy atom. The monoisotopic (exact) mass is 284 g/mol. The van der Waals surface area contributed by atoms with Crippen LogP contribution < -0.4 is 5.32 Å². The second kappa shape index (κ2) is 11.5. The molecule has 0 atom stereocenters. The van der Waals surface area contributed by atoms with E-state index in [1.165, 1.54) is 0 Å². The van der Waals surface area contributed by atoms with E-state index in [-0.39, 0.29) is 5.91 Å². The van der Waals surface area contributed by atoms with Gasteiger partial charge in [-0.25, -0.2) is 0 Å². The molecule has 20 heavy (non-hydrogen) atoms. The maximum atomic E-state index is 12.1. The van der Waals surface area contributed by atoms with Crippen LogP contribution in [0.25, 0.3) is 0 Å². The first-order chi connectivity index (χ1) is 9.49. The summed E-state index contributed by atoms with van der Waals surface area (Å²) in [6, 6.07) is 0. The fraction of sp³-hybridized carbons (Fsp3) is 0.733. The van der Waals surface area contributed by atoms with Gasteiger partial charge in [-0.1, -0.05) is 27.7 Å². The molecule has 1 aromatic rings. The molecular weight excluding hydrogens is 252 g/mol. The van der Waals surface area contributed by atoms with Gasteiger partial charge in [-0.05, 0) is 20.9 Å². The lowest BCUT2D eigenvalue weighted by Gasteiger charge is -2.17. The summed E-state index contributed by atoms with van der Waals surface area (Å²) in [7, 11) is 5.48. The fourth-order valence-electron chi connectivity index (χ4n) is 1.62. The molecule has 0 aliphatic rings. The van der Waals surface area contributed by atoms with Crippen LogP contribution in [0.2, 0.25) is 0 Å². The van der Waals surface area contributed by atoms with Crippen molar-refractivity contribution in [1.82, 2.24) is 20.0 Å². The molecule has 1 rings (SSSR count). The van der Waals surface area contributed by atoms with Crippen LogP contribution in [0, 0.1) is 13.8 Å². The third-order valence-electron chi connectivity index (χ3n) is 2.77. The van der Waals surface area contributed by atoms with Crippen LogP contribution in [0.5, 0.6) is 0 Å². The lowest BCUT2D eigenvalue weighted by molar-refractivity contribution is 0.0785. The van der Waals surface area contributed by atoms with Crippen molar-refractivity contribution in [2.75, 3.05) is 27.2 Å². The van der Waals surface area contributed by atoms with Crippen molar-refractivity contribution in [3.8, 4) is 0 Å². The number of rotatable bonds is 4. The highest BCUT2D eigenvalue weighted by atomic mass is 16.2. The largest absolute Gasteiger partial charge is 0.339 e. The predicted octanol–water partition coefficient (Wildman–Crippen LogP) is 2.38. The number of likely N-dealkylation sites (N-methyl/N-ethyl adjacent to an activating group) is 2. The summed E-state index contributed by atoms with van der Waals surface area (Å²) in [5.74, 6) is 0.0239. The molecule has 0 saturated heterocycles. The van der Waals surface area contributed by atoms with E-state index in [0.29, 0.717) is 12.2 Å². The minimum Gasteiger partial charge on any atom is -0.339 e. The third kappa shape index (κ3) is 5.74. The van der Waals surface area contributed by atoms with Crippen LogP contribution in [0.4, 0.5) is 0 Å². The Bertz CT molecular complexity index is 385. The maximum Gasteiger partial charge on any atom is 0.272 e. The number of amides is 1. The summed E-state index contributed by atoms with van der Waals surface area (Å²) in [4.78, 5) is 13.9. The van der Waals surface area contributed by atoms with Crippen molar-refractivity contribution >= 4 is 5.91 Å². The lowest BCUT2D eigenvalue weighted by Crippen LogP contribution is -2.34. The Labute approximate surface area is 124 Å². The summed E-state index contributed by atoms with van der Waals surface area (Å²) < 4.78 is 1.66. The van der Waals surface area contributed by atoms with Gasteiger partial charge in [0.2, 0.25) is 0 Å². The van der Waals surface area contributed by atoms with Gasteiger partial charge in [-0.3, -0.25) is 9.48 Å². The van der Waals surface area contributed by atoms with Crippen LogP contribution in [0.3, 0.4) is 0 Å². The molecule has 1 amide bonds. The van der Waals surface area contributed by atoms with E-state index in [1.807, 2.05) is 48.6 Å². The smallest absolute Gasteiger partial charge is 0.272 e. The molecule has 1 heterocycles. The molecule has 5 heteroatoms. The first kappa shape index (κ1) is 20.9. The molecule has 118 valence electrons. The van der Waals surface area contributed by atoms with Crippen LogP contribution in [-0.4, -0.2) is 47.8 Å². The number of aromatic nitrogens is 2. The van der Waals surface area contributed by atoms with E-state index >= 15 is 0 Å². The standard InChI is InChI=1S/C11H20N4O.2C2H6/c1-8-9(2)13-15(5)10(8)11(16)14(4)7-6-12-3;2*1-2/h12H,6-7H2,1-5H3;2*1-2H3. The van der Waals surface area contributed by atoms with Crippen molar-refractivity contribution in [1.29, 1.82) is 0 Å². The second-order valence-corrected chi connectivity index (χ2v) is 4.01. The van der Waals surface area contributed by atoms with Gasteiger partial charge in [0, 0.05) is 32.7 Å². The van der Waals surface area contributed by atoms with Crippen LogP contribution in [-0.2, 0) is 7.05 Å². The zero-order valence-corrected chi connectivity index (χ0v) is 14.7. The SMILES string of the molecule is CC.CC.CNCCN(C)C(=O)c1c(C)c(C)nn1C. The van der Waals surface area contributed by atoms with Crippen molar-refractivity contribution in [3.05, 3.63) is 17.0 Å². The fourth-order valence-corrected chi connectivity index (χ4v) is 1.62. The predicted molar refractivity (Wildman–Crippen MR) is 86.3 cm³/mol. The maximum absolute atomic E-state index is 12.1. The molecule has 0 aliphatic heterocycles. The van der Waals surface area contributed by atoms with Gasteiger partial charge in [-0.15, -0.1) is 0 Å². The van der Waals surface area contributed by atoms with Crippen LogP contribution in [0.1, 0.15) is 49.4 Å². The van der Waals surface area contributed by atoms with Gasteiger partial charge in [0.1, 0.15) is 5.69 Å². The molecular formula is C15H32N4O. The summed E-state index contributed by atoms with van der Waals surface area (Å²) >= 11 is 0. The summed E-state index contributed by atoms with van der Waals surface area (Å²) in [6.07, 6.45) is 0. The number of nitrogens with one attached hydrogen (secondary N) is 1. The summed E-state index contributed by atoms with van der Waals surface area (Å²) in [6.45, 7) is 13.3. The topological polar surface area (TPSA) is 50.2 Å². The Hall–Kier alpha value is -1.36. The average molecular weight is 284 g/mol. The molecule has 0 unspecified atom stereocenters. The second-order valence-electron chi connectivity index (χ2n) is 4.01. The normalized spacial score (nSPS) is 9.05. The molecule has 0 fully saturated rings. The van der Waals surface area contributed by atoms with Gasteiger partial charge in [0.15, 0.2) is 0 Å². The average Bonchev–Trinajstić information content (AvgIpc) is 2.73. The van der Waals surface area contributed by atoms with E-state index < -0.39 is 0 Å². The highest BCUT2D eigenvalue weighted by molar-refractivity contribution is 5.94. The highest BCUT2D eigenvalue weighted by Gasteiger charge is 2.19. The third-order valence-corrected chi connectivity index (χ3v) is 2.77. The lowest BCUT2D eigenvalue weighted by atomic mass is 10.2. The van der Waals surface area contributed by atoms with Gasteiger partial charge >= 0.3 is 0 Å². The number of carbonyl (C=O) groups is 1. The molecule has 5 nitrogen and oxygen atoms in total. The number of nitrogens with zero attached hydrogens (tertiary/aromatic N) is 3. The van der Waals surface area contributed by atoms with Crippen molar-refractivity contribution in [2.45, 2.75) is 41.5 Å². The Balaban J connectivity index is 0. The quantitative estimate of drug-likeness (QED) is 0.923. The van der Waals surface area contributed by atoms with E-state index in [2.05, 4.69) is 10.4 Å². The number of hydrogen-bond donors (Lipinski definition) is 1. The minimum atomic E-state index is 0.0239. The van der Waals surface area contributed by atoms with Crippen molar-refractivity contribution in [2.24, 2.45) is 7.05 Å². The van der Waals surface area contributed by atoms with Crippen molar-refractivity contribution < 1.29 is 4.79 Å². The highest BCUT2D eigenvalue weighted by Crippen LogP contribution is 2.12. The van der Waals surface area contributed by atoms with E-state index in [0.717, 1.165) is 17.8 Å². The summed E-state index contributed by atoms with van der Waals surface area (Å²) in [5, 5.41) is 7.27. The van der Waals surface area contributed by atoms with E-state index in [1.54, 1.807) is 23.7 Å². The van der Waals surface area contributed by atoms with Crippen LogP contribution >= 0.6 is 0 Å². The summed E-state index contributed by atoms with van der Waals surface area (Å²) in [5.41, 5.74) is 2.55. The first-order valence-corrected chi connectivity index (χ1v) is 7.39. The molecule has 1 N–H and O–H groups in total. The first-order valence-electron chi connectivity index (χ1n) is 7.39.